The molecule has 2 rings (SSSR count). The molecule has 0 radical (unpaired) electrons. The quantitative estimate of drug-likeness (QED) is 0.613. The van der Waals surface area contributed by atoms with E-state index in [9.17, 15) is 31.2 Å². The van der Waals surface area contributed by atoms with Crippen molar-refractivity contribution in [1.82, 2.24) is 5.32 Å². The van der Waals surface area contributed by atoms with Gasteiger partial charge in [-0.15, -0.1) is 0 Å². The lowest BCUT2D eigenvalue weighted by molar-refractivity contribution is -0.121. The standard InChI is InChI=1S/C20H21F3N2O4S/c1-2-3-12-25-19(27)17(15-6-4-5-7-16(15)18(24)26)13-8-10-14(11-9-13)30(28,29)20(21,22)23/h4-11,17H,2-3,12H2,1H3,(H2,24,26)(H,25,27). The van der Waals surface area contributed by atoms with E-state index in [0.717, 1.165) is 30.7 Å². The SMILES string of the molecule is CCCCNC(=O)C(c1ccc(S(=O)(=O)C(F)(F)F)cc1)c1ccccc1C(N)=O. The summed E-state index contributed by atoms with van der Waals surface area (Å²) in [6, 6.07) is 9.94. The Labute approximate surface area is 172 Å². The Balaban J connectivity index is 2.53. The molecule has 0 fully saturated rings. The number of amides is 2. The Kier molecular flexibility index (Phi) is 7.25. The summed E-state index contributed by atoms with van der Waals surface area (Å²) < 4.78 is 61.5. The molecule has 0 saturated carbocycles. The van der Waals surface area contributed by atoms with Crippen LogP contribution in [0.15, 0.2) is 53.4 Å². The molecular formula is C20H21F3N2O4S. The Hall–Kier alpha value is -2.88. The molecule has 2 aromatic carbocycles. The van der Waals surface area contributed by atoms with Crippen molar-refractivity contribution in [1.29, 1.82) is 0 Å². The van der Waals surface area contributed by atoms with Gasteiger partial charge in [-0.1, -0.05) is 43.7 Å². The number of nitrogens with one attached hydrogen (secondary N) is 1. The van der Waals surface area contributed by atoms with Crippen LogP contribution in [0.3, 0.4) is 0 Å². The van der Waals surface area contributed by atoms with Gasteiger partial charge in [0.2, 0.25) is 11.8 Å². The van der Waals surface area contributed by atoms with Crippen LogP contribution in [0.25, 0.3) is 0 Å². The minimum atomic E-state index is -5.52. The predicted octanol–water partition coefficient (Wildman–Crippen LogP) is 3.13. The van der Waals surface area contributed by atoms with Gasteiger partial charge >= 0.3 is 5.51 Å². The molecule has 0 aliphatic rings. The molecule has 1 unspecified atom stereocenters. The number of benzene rings is 2. The maximum absolute atomic E-state index is 12.9. The number of hydrogen-bond donors (Lipinski definition) is 2. The molecule has 162 valence electrons. The van der Waals surface area contributed by atoms with Gasteiger partial charge in [0.25, 0.3) is 9.84 Å². The van der Waals surface area contributed by atoms with Gasteiger partial charge in [-0.25, -0.2) is 8.42 Å². The third kappa shape index (κ3) is 4.99. The van der Waals surface area contributed by atoms with E-state index >= 15 is 0 Å². The van der Waals surface area contributed by atoms with Crippen LogP contribution in [0.5, 0.6) is 0 Å². The molecule has 10 heteroatoms. The summed E-state index contributed by atoms with van der Waals surface area (Å²) in [5, 5.41) is 2.73. The monoisotopic (exact) mass is 442 g/mol. The van der Waals surface area contributed by atoms with E-state index in [1.165, 1.54) is 12.1 Å². The average molecular weight is 442 g/mol. The number of sulfone groups is 1. The highest BCUT2D eigenvalue weighted by atomic mass is 32.2. The maximum atomic E-state index is 12.9. The maximum Gasteiger partial charge on any atom is 0.501 e. The lowest BCUT2D eigenvalue weighted by Crippen LogP contribution is -2.32. The molecule has 0 aliphatic carbocycles. The van der Waals surface area contributed by atoms with Crippen LogP contribution in [0.2, 0.25) is 0 Å². The fourth-order valence-corrected chi connectivity index (χ4v) is 3.67. The zero-order chi connectivity index (χ0) is 22.5. The van der Waals surface area contributed by atoms with Gasteiger partial charge in [0, 0.05) is 12.1 Å². The number of nitrogens with two attached hydrogens (primary N) is 1. The van der Waals surface area contributed by atoms with Crippen LogP contribution in [0.4, 0.5) is 13.2 Å². The summed E-state index contributed by atoms with van der Waals surface area (Å²) in [6.45, 7) is 2.30. The zero-order valence-corrected chi connectivity index (χ0v) is 16.9. The molecule has 3 N–H and O–H groups in total. The molecule has 2 amide bonds. The Morgan fingerprint density at radius 1 is 1.07 bits per heavy atom. The second-order valence-corrected chi connectivity index (χ2v) is 8.49. The van der Waals surface area contributed by atoms with Gasteiger partial charge in [0.05, 0.1) is 10.8 Å². The lowest BCUT2D eigenvalue weighted by Gasteiger charge is -2.20. The number of carbonyl (C=O) groups is 2. The molecular weight excluding hydrogens is 421 g/mol. The first-order valence-corrected chi connectivity index (χ1v) is 10.6. The van der Waals surface area contributed by atoms with E-state index in [1.54, 1.807) is 12.1 Å². The van der Waals surface area contributed by atoms with E-state index in [4.69, 9.17) is 5.73 Å². The lowest BCUT2D eigenvalue weighted by atomic mass is 9.87. The van der Waals surface area contributed by atoms with E-state index in [1.807, 2.05) is 6.92 Å². The third-order valence-electron chi connectivity index (χ3n) is 4.46. The number of primary amides is 1. The first kappa shape index (κ1) is 23.4. The molecule has 0 spiro atoms. The topological polar surface area (TPSA) is 106 Å². The van der Waals surface area contributed by atoms with Crippen molar-refractivity contribution >= 4 is 21.7 Å². The van der Waals surface area contributed by atoms with Crippen molar-refractivity contribution in [2.75, 3.05) is 6.54 Å². The first-order chi connectivity index (χ1) is 14.0. The van der Waals surface area contributed by atoms with Crippen LogP contribution >= 0.6 is 0 Å². The number of carbonyl (C=O) groups excluding carboxylic acids is 2. The fourth-order valence-electron chi connectivity index (χ4n) is 2.91. The molecule has 1 atom stereocenters. The van der Waals surface area contributed by atoms with Crippen LogP contribution < -0.4 is 11.1 Å². The van der Waals surface area contributed by atoms with Crippen molar-refractivity contribution in [2.24, 2.45) is 5.73 Å². The number of rotatable bonds is 8. The number of alkyl halides is 3. The van der Waals surface area contributed by atoms with Gasteiger partial charge < -0.3 is 11.1 Å². The average Bonchev–Trinajstić information content (AvgIpc) is 2.68. The van der Waals surface area contributed by atoms with Gasteiger partial charge in [-0.2, -0.15) is 13.2 Å². The van der Waals surface area contributed by atoms with E-state index in [0.29, 0.717) is 13.0 Å². The largest absolute Gasteiger partial charge is 0.501 e. The molecule has 2 aromatic rings. The highest BCUT2D eigenvalue weighted by Gasteiger charge is 2.46. The van der Waals surface area contributed by atoms with Crippen LogP contribution in [-0.2, 0) is 14.6 Å². The van der Waals surface area contributed by atoms with Gasteiger partial charge in [-0.3, -0.25) is 9.59 Å². The minimum Gasteiger partial charge on any atom is -0.366 e. The van der Waals surface area contributed by atoms with E-state index in [-0.39, 0.29) is 16.7 Å². The summed E-state index contributed by atoms with van der Waals surface area (Å²) in [7, 11) is -5.52. The van der Waals surface area contributed by atoms with Crippen LogP contribution in [0, 0.1) is 0 Å². The number of unbranched alkanes of at least 4 members (excludes halogenated alkanes) is 1. The summed E-state index contributed by atoms with van der Waals surface area (Å²) in [4.78, 5) is 23.8. The normalized spacial score (nSPS) is 12.9. The number of halogens is 3. The van der Waals surface area contributed by atoms with Crippen LogP contribution in [-0.4, -0.2) is 32.3 Å². The smallest absolute Gasteiger partial charge is 0.366 e. The predicted molar refractivity (Wildman–Crippen MR) is 104 cm³/mol. The summed E-state index contributed by atoms with van der Waals surface area (Å²) in [5.41, 5.74) is 0.539. The highest BCUT2D eigenvalue weighted by molar-refractivity contribution is 7.92. The minimum absolute atomic E-state index is 0.0835. The van der Waals surface area contributed by atoms with Crippen molar-refractivity contribution < 1.29 is 31.2 Å². The van der Waals surface area contributed by atoms with Crippen molar-refractivity contribution in [3.8, 4) is 0 Å². The molecule has 0 heterocycles. The third-order valence-corrected chi connectivity index (χ3v) is 5.96. The molecule has 30 heavy (non-hydrogen) atoms. The second kappa shape index (κ2) is 9.29. The second-order valence-electron chi connectivity index (χ2n) is 6.55. The zero-order valence-electron chi connectivity index (χ0n) is 16.1. The van der Waals surface area contributed by atoms with Crippen molar-refractivity contribution in [2.45, 2.75) is 36.1 Å². The van der Waals surface area contributed by atoms with Crippen molar-refractivity contribution in [3.63, 3.8) is 0 Å². The molecule has 0 aliphatic heterocycles. The first-order valence-electron chi connectivity index (χ1n) is 9.08. The Morgan fingerprint density at radius 2 is 1.67 bits per heavy atom. The summed E-state index contributed by atoms with van der Waals surface area (Å²) in [5.74, 6) is -2.31. The Bertz CT molecular complexity index is 1020. The van der Waals surface area contributed by atoms with Crippen LogP contribution in [0.1, 0.15) is 47.2 Å². The van der Waals surface area contributed by atoms with E-state index < -0.39 is 38.0 Å². The van der Waals surface area contributed by atoms with Gasteiger partial charge in [0.1, 0.15) is 0 Å². The van der Waals surface area contributed by atoms with Gasteiger partial charge in [0.15, 0.2) is 0 Å². The highest BCUT2D eigenvalue weighted by Crippen LogP contribution is 2.33. The van der Waals surface area contributed by atoms with Gasteiger partial charge in [-0.05, 0) is 35.7 Å². The summed E-state index contributed by atoms with van der Waals surface area (Å²) in [6.07, 6.45) is 1.53. The fraction of sp³-hybridized carbons (Fsp3) is 0.300. The summed E-state index contributed by atoms with van der Waals surface area (Å²) >= 11 is 0. The molecule has 0 bridgehead atoms. The Morgan fingerprint density at radius 3 is 2.20 bits per heavy atom. The molecule has 0 saturated heterocycles. The molecule has 0 aromatic heterocycles. The van der Waals surface area contributed by atoms with Crippen molar-refractivity contribution in [3.05, 3.63) is 65.2 Å². The van der Waals surface area contributed by atoms with E-state index in [2.05, 4.69) is 5.32 Å². The number of hydrogen-bond acceptors (Lipinski definition) is 4. The molecule has 6 nitrogen and oxygen atoms in total.